The van der Waals surface area contributed by atoms with Gasteiger partial charge in [0.05, 0.1) is 17.4 Å². The van der Waals surface area contributed by atoms with Crippen molar-refractivity contribution in [3.63, 3.8) is 0 Å². The Morgan fingerprint density at radius 1 is 1.62 bits per heavy atom. The maximum absolute atomic E-state index is 10.4. The van der Waals surface area contributed by atoms with E-state index in [0.717, 1.165) is 11.1 Å². The monoisotopic (exact) mass is 176 g/mol. The zero-order chi connectivity index (χ0) is 9.84. The van der Waals surface area contributed by atoms with Crippen molar-refractivity contribution in [1.82, 2.24) is 0 Å². The van der Waals surface area contributed by atoms with E-state index in [-0.39, 0.29) is 5.69 Å². The molecule has 0 spiro atoms. The topological polar surface area (TPSA) is 66.9 Å². The van der Waals surface area contributed by atoms with Gasteiger partial charge in [-0.3, -0.25) is 10.1 Å². The quantitative estimate of drug-likeness (QED) is 0.511. The first-order valence-corrected chi connectivity index (χ1v) is 3.76. The molecule has 1 aromatic rings. The standard InChI is InChI=1S/C9H8N2O2/c1-7-6-9(11(12)13)3-2-8(7)4-5-10/h2-3,6H,4H2,1H3. The molecule has 1 rings (SSSR count). The van der Waals surface area contributed by atoms with E-state index >= 15 is 0 Å². The van der Waals surface area contributed by atoms with Crippen LogP contribution < -0.4 is 0 Å². The average Bonchev–Trinajstić information content (AvgIpc) is 2.08. The minimum absolute atomic E-state index is 0.0687. The van der Waals surface area contributed by atoms with E-state index in [9.17, 15) is 10.1 Å². The largest absolute Gasteiger partial charge is 0.269 e. The fourth-order valence-electron chi connectivity index (χ4n) is 1.08. The van der Waals surface area contributed by atoms with Gasteiger partial charge < -0.3 is 0 Å². The van der Waals surface area contributed by atoms with Crippen LogP contribution in [0.15, 0.2) is 18.2 Å². The van der Waals surface area contributed by atoms with Crippen molar-refractivity contribution in [3.05, 3.63) is 39.4 Å². The summed E-state index contributed by atoms with van der Waals surface area (Å²) in [6, 6.07) is 6.52. The van der Waals surface area contributed by atoms with E-state index in [1.54, 1.807) is 13.0 Å². The molecule has 0 radical (unpaired) electrons. The Balaban J connectivity index is 3.07. The van der Waals surface area contributed by atoms with Gasteiger partial charge in [0.1, 0.15) is 0 Å². The van der Waals surface area contributed by atoms with Gasteiger partial charge >= 0.3 is 0 Å². The van der Waals surface area contributed by atoms with Gasteiger partial charge in [-0.25, -0.2) is 0 Å². The number of nitro groups is 1. The lowest BCUT2D eigenvalue weighted by molar-refractivity contribution is -0.384. The number of nitrogens with zero attached hydrogens (tertiary/aromatic N) is 2. The second-order valence-electron chi connectivity index (χ2n) is 2.70. The Morgan fingerprint density at radius 3 is 2.77 bits per heavy atom. The molecule has 0 saturated carbocycles. The van der Waals surface area contributed by atoms with Crippen molar-refractivity contribution < 1.29 is 4.92 Å². The van der Waals surface area contributed by atoms with Crippen LogP contribution in [0.5, 0.6) is 0 Å². The minimum atomic E-state index is -0.441. The predicted octanol–water partition coefficient (Wildman–Crippen LogP) is 1.97. The zero-order valence-corrected chi connectivity index (χ0v) is 7.15. The van der Waals surface area contributed by atoms with Gasteiger partial charge in [0, 0.05) is 12.1 Å². The van der Waals surface area contributed by atoms with Crippen molar-refractivity contribution in [1.29, 1.82) is 5.26 Å². The highest BCUT2D eigenvalue weighted by Crippen LogP contribution is 2.16. The summed E-state index contributed by atoms with van der Waals surface area (Å²) >= 11 is 0. The second kappa shape index (κ2) is 3.68. The summed E-state index contributed by atoms with van der Waals surface area (Å²) in [7, 11) is 0. The fraction of sp³-hybridized carbons (Fsp3) is 0.222. The number of hydrogen-bond donors (Lipinski definition) is 0. The Bertz CT molecular complexity index is 380. The number of nitro benzene ring substituents is 1. The molecule has 4 heteroatoms. The van der Waals surface area contributed by atoms with E-state index < -0.39 is 4.92 Å². The van der Waals surface area contributed by atoms with Crippen LogP contribution in [0.2, 0.25) is 0 Å². The SMILES string of the molecule is Cc1cc([N+](=O)[O-])ccc1CC#N. The average molecular weight is 176 g/mol. The van der Waals surface area contributed by atoms with Crippen molar-refractivity contribution in [2.24, 2.45) is 0 Å². The maximum atomic E-state index is 10.4. The molecule has 0 aliphatic heterocycles. The Hall–Kier alpha value is -1.89. The first-order chi connectivity index (χ1) is 6.15. The molecule has 0 fully saturated rings. The van der Waals surface area contributed by atoms with Gasteiger partial charge in [0.2, 0.25) is 0 Å². The highest BCUT2D eigenvalue weighted by Gasteiger charge is 2.06. The van der Waals surface area contributed by atoms with Crippen LogP contribution in [-0.2, 0) is 6.42 Å². The van der Waals surface area contributed by atoms with E-state index in [4.69, 9.17) is 5.26 Å². The highest BCUT2D eigenvalue weighted by molar-refractivity contribution is 5.40. The summed E-state index contributed by atoms with van der Waals surface area (Å²) in [5, 5.41) is 18.8. The molecular weight excluding hydrogens is 168 g/mol. The summed E-state index contributed by atoms with van der Waals surface area (Å²) in [4.78, 5) is 9.92. The van der Waals surface area contributed by atoms with Gasteiger partial charge in [0.15, 0.2) is 0 Å². The molecule has 1 aromatic carbocycles. The van der Waals surface area contributed by atoms with Crippen LogP contribution in [0, 0.1) is 28.4 Å². The number of aryl methyl sites for hydroxylation is 1. The van der Waals surface area contributed by atoms with Gasteiger partial charge in [0.25, 0.3) is 5.69 Å². The number of rotatable bonds is 2. The zero-order valence-electron chi connectivity index (χ0n) is 7.15. The third-order valence-corrected chi connectivity index (χ3v) is 1.81. The van der Waals surface area contributed by atoms with Crippen LogP contribution in [0.3, 0.4) is 0 Å². The molecule has 0 heterocycles. The number of benzene rings is 1. The molecule has 0 amide bonds. The molecular formula is C9H8N2O2. The molecule has 0 saturated heterocycles. The van der Waals surface area contributed by atoms with E-state index in [1.807, 2.05) is 6.07 Å². The Morgan fingerprint density at radius 2 is 2.31 bits per heavy atom. The second-order valence-corrected chi connectivity index (χ2v) is 2.70. The van der Waals surface area contributed by atoms with Crippen LogP contribution >= 0.6 is 0 Å². The third kappa shape index (κ3) is 2.03. The lowest BCUT2D eigenvalue weighted by Crippen LogP contribution is -1.92. The predicted molar refractivity (Wildman–Crippen MR) is 47.2 cm³/mol. The maximum Gasteiger partial charge on any atom is 0.269 e. The number of hydrogen-bond acceptors (Lipinski definition) is 3. The van der Waals surface area contributed by atoms with E-state index in [2.05, 4.69) is 0 Å². The van der Waals surface area contributed by atoms with Gasteiger partial charge in [-0.15, -0.1) is 0 Å². The molecule has 66 valence electrons. The van der Waals surface area contributed by atoms with Gasteiger partial charge in [-0.1, -0.05) is 6.07 Å². The Kier molecular flexibility index (Phi) is 2.60. The fourth-order valence-corrected chi connectivity index (χ4v) is 1.08. The minimum Gasteiger partial charge on any atom is -0.258 e. The lowest BCUT2D eigenvalue weighted by atomic mass is 10.1. The summed E-state index contributed by atoms with van der Waals surface area (Å²) in [6.07, 6.45) is 0.295. The van der Waals surface area contributed by atoms with E-state index in [0.29, 0.717) is 6.42 Å². The molecule has 0 aliphatic carbocycles. The highest BCUT2D eigenvalue weighted by atomic mass is 16.6. The van der Waals surface area contributed by atoms with Crippen molar-refractivity contribution in [3.8, 4) is 6.07 Å². The van der Waals surface area contributed by atoms with Crippen molar-refractivity contribution >= 4 is 5.69 Å². The molecule has 4 nitrogen and oxygen atoms in total. The molecule has 0 atom stereocenters. The molecule has 0 aliphatic rings. The van der Waals surface area contributed by atoms with Crippen LogP contribution in [0.25, 0.3) is 0 Å². The van der Waals surface area contributed by atoms with Crippen LogP contribution in [-0.4, -0.2) is 4.92 Å². The molecule has 0 unspecified atom stereocenters. The third-order valence-electron chi connectivity index (χ3n) is 1.81. The summed E-state index contributed by atoms with van der Waals surface area (Å²) in [5.41, 5.74) is 1.70. The first-order valence-electron chi connectivity index (χ1n) is 3.76. The molecule has 0 N–H and O–H groups in total. The summed E-state index contributed by atoms with van der Waals surface area (Å²) in [5.74, 6) is 0. The number of non-ortho nitro benzene ring substituents is 1. The lowest BCUT2D eigenvalue weighted by Gasteiger charge is -1.99. The molecule has 13 heavy (non-hydrogen) atoms. The number of nitriles is 1. The normalized spacial score (nSPS) is 9.23. The summed E-state index contributed by atoms with van der Waals surface area (Å²) < 4.78 is 0. The van der Waals surface area contributed by atoms with E-state index in [1.165, 1.54) is 12.1 Å². The smallest absolute Gasteiger partial charge is 0.258 e. The summed E-state index contributed by atoms with van der Waals surface area (Å²) in [6.45, 7) is 1.76. The van der Waals surface area contributed by atoms with Crippen LogP contribution in [0.4, 0.5) is 5.69 Å². The Labute approximate surface area is 75.6 Å². The van der Waals surface area contributed by atoms with Crippen molar-refractivity contribution in [2.75, 3.05) is 0 Å². The van der Waals surface area contributed by atoms with Crippen molar-refractivity contribution in [2.45, 2.75) is 13.3 Å². The molecule has 0 bridgehead atoms. The molecule has 0 aromatic heterocycles. The van der Waals surface area contributed by atoms with Gasteiger partial charge in [-0.05, 0) is 18.1 Å². The first kappa shape index (κ1) is 9.20. The van der Waals surface area contributed by atoms with Gasteiger partial charge in [-0.2, -0.15) is 5.26 Å². The van der Waals surface area contributed by atoms with Crippen LogP contribution in [0.1, 0.15) is 11.1 Å².